The maximum atomic E-state index is 12.2. The van der Waals surface area contributed by atoms with E-state index in [2.05, 4.69) is 10.6 Å². The highest BCUT2D eigenvalue weighted by Crippen LogP contribution is 2.06. The molecule has 7 nitrogen and oxygen atoms in total. The van der Waals surface area contributed by atoms with Crippen molar-refractivity contribution < 1.29 is 24.6 Å². The number of aliphatic hydroxyl groups is 1. The zero-order chi connectivity index (χ0) is 17.3. The molecule has 4 N–H and O–H groups in total. The molecule has 0 aliphatic carbocycles. The van der Waals surface area contributed by atoms with Gasteiger partial charge in [-0.15, -0.1) is 0 Å². The van der Waals surface area contributed by atoms with Crippen molar-refractivity contribution in [3.8, 4) is 0 Å². The summed E-state index contributed by atoms with van der Waals surface area (Å²) in [5.74, 6) is -1.66. The van der Waals surface area contributed by atoms with Crippen LogP contribution in [0.2, 0.25) is 0 Å². The van der Waals surface area contributed by atoms with Crippen LogP contribution in [0.25, 0.3) is 0 Å². The Balaban J connectivity index is 4.76. The van der Waals surface area contributed by atoms with Gasteiger partial charge >= 0.3 is 5.97 Å². The highest BCUT2D eigenvalue weighted by atomic mass is 32.2. The van der Waals surface area contributed by atoms with Crippen LogP contribution in [0.3, 0.4) is 0 Å². The van der Waals surface area contributed by atoms with E-state index in [9.17, 15) is 19.5 Å². The van der Waals surface area contributed by atoms with E-state index in [1.54, 1.807) is 13.8 Å². The van der Waals surface area contributed by atoms with Crippen LogP contribution in [-0.4, -0.2) is 58.2 Å². The minimum Gasteiger partial charge on any atom is -0.480 e. The van der Waals surface area contributed by atoms with Crippen molar-refractivity contribution in [1.82, 2.24) is 10.6 Å². The lowest BCUT2D eigenvalue weighted by Gasteiger charge is -2.24. The number of aliphatic hydroxyl groups excluding tert-OH is 1. The van der Waals surface area contributed by atoms with Crippen LogP contribution in [0.4, 0.5) is 0 Å². The number of amides is 2. The molecule has 0 aromatic heterocycles. The fourth-order valence-corrected chi connectivity index (χ4v) is 2.26. The maximum absolute atomic E-state index is 12.2. The summed E-state index contributed by atoms with van der Waals surface area (Å²) in [5, 5.41) is 23.3. The Morgan fingerprint density at radius 1 is 1.14 bits per heavy atom. The van der Waals surface area contributed by atoms with Gasteiger partial charge in [-0.25, -0.2) is 4.79 Å². The highest BCUT2D eigenvalue weighted by molar-refractivity contribution is 7.98. The number of carboxylic acid groups (broad SMARTS) is 1. The fraction of sp³-hybridized carbons (Fsp3) is 0.786. The molecule has 0 bridgehead atoms. The number of rotatable bonds is 10. The number of carbonyl (C=O) groups excluding carboxylic acids is 2. The zero-order valence-electron chi connectivity index (χ0n) is 13.5. The van der Waals surface area contributed by atoms with Crippen LogP contribution in [-0.2, 0) is 14.4 Å². The molecule has 0 saturated heterocycles. The number of thioether (sulfide) groups is 1. The van der Waals surface area contributed by atoms with Crippen LogP contribution in [0.1, 0.15) is 33.6 Å². The first-order valence-corrected chi connectivity index (χ1v) is 8.58. The Hall–Kier alpha value is -1.28. The largest absolute Gasteiger partial charge is 0.480 e. The number of hydrogen-bond acceptors (Lipinski definition) is 5. The quantitative estimate of drug-likeness (QED) is 0.454. The van der Waals surface area contributed by atoms with E-state index in [1.807, 2.05) is 6.26 Å². The molecule has 0 aliphatic heterocycles. The summed E-state index contributed by atoms with van der Waals surface area (Å²) in [6.07, 6.45) is 1.26. The molecule has 0 aromatic rings. The molecular formula is C14H26N2O5S. The van der Waals surface area contributed by atoms with Gasteiger partial charge in [0.05, 0.1) is 12.5 Å². The fourth-order valence-electron chi connectivity index (χ4n) is 1.79. The molecule has 0 aromatic carbocycles. The third-order valence-electron chi connectivity index (χ3n) is 2.97. The van der Waals surface area contributed by atoms with E-state index in [0.29, 0.717) is 12.2 Å². The van der Waals surface area contributed by atoms with Gasteiger partial charge in [0.25, 0.3) is 0 Å². The van der Waals surface area contributed by atoms with Gasteiger partial charge in [0.1, 0.15) is 12.1 Å². The molecule has 0 radical (unpaired) electrons. The van der Waals surface area contributed by atoms with E-state index in [0.717, 1.165) is 0 Å². The number of aliphatic carboxylic acids is 1. The molecule has 2 amide bonds. The predicted octanol–water partition coefficient (Wildman–Crippen LogP) is 0.221. The van der Waals surface area contributed by atoms with Crippen LogP contribution in [0, 0.1) is 5.92 Å². The Kier molecular flexibility index (Phi) is 9.84. The number of carbonyl (C=O) groups is 3. The van der Waals surface area contributed by atoms with Crippen LogP contribution in [0.5, 0.6) is 0 Å². The Labute approximate surface area is 135 Å². The first kappa shape index (κ1) is 20.7. The molecule has 3 unspecified atom stereocenters. The summed E-state index contributed by atoms with van der Waals surface area (Å²) in [6.45, 7) is 4.99. The van der Waals surface area contributed by atoms with Gasteiger partial charge in [-0.05, 0) is 31.3 Å². The lowest BCUT2D eigenvalue weighted by molar-refractivity contribution is -0.142. The van der Waals surface area contributed by atoms with E-state index >= 15 is 0 Å². The minimum absolute atomic E-state index is 0.106. The van der Waals surface area contributed by atoms with Crippen LogP contribution < -0.4 is 10.6 Å². The second-order valence-corrected chi connectivity index (χ2v) is 6.51. The van der Waals surface area contributed by atoms with Gasteiger partial charge in [0.2, 0.25) is 11.8 Å². The molecule has 0 spiro atoms. The summed E-state index contributed by atoms with van der Waals surface area (Å²) >= 11 is 1.49. The third kappa shape index (κ3) is 8.23. The molecule has 0 aliphatic rings. The van der Waals surface area contributed by atoms with Gasteiger partial charge < -0.3 is 20.8 Å². The van der Waals surface area contributed by atoms with Gasteiger partial charge in [-0.1, -0.05) is 13.8 Å². The van der Waals surface area contributed by atoms with Crippen molar-refractivity contribution in [1.29, 1.82) is 0 Å². The molecule has 0 fully saturated rings. The van der Waals surface area contributed by atoms with E-state index < -0.39 is 36.0 Å². The first-order valence-electron chi connectivity index (χ1n) is 7.18. The minimum atomic E-state index is -1.10. The maximum Gasteiger partial charge on any atom is 0.326 e. The average Bonchev–Trinajstić information content (AvgIpc) is 2.38. The average molecular weight is 334 g/mol. The molecule has 0 saturated carbocycles. The highest BCUT2D eigenvalue weighted by Gasteiger charge is 2.28. The summed E-state index contributed by atoms with van der Waals surface area (Å²) in [4.78, 5) is 35.1. The lowest BCUT2D eigenvalue weighted by Crippen LogP contribution is -2.54. The molecular weight excluding hydrogens is 308 g/mol. The summed E-state index contributed by atoms with van der Waals surface area (Å²) in [5.41, 5.74) is 0. The Morgan fingerprint density at radius 2 is 1.73 bits per heavy atom. The molecule has 22 heavy (non-hydrogen) atoms. The van der Waals surface area contributed by atoms with E-state index in [4.69, 9.17) is 5.11 Å². The molecule has 3 atom stereocenters. The van der Waals surface area contributed by atoms with Crippen molar-refractivity contribution >= 4 is 29.5 Å². The van der Waals surface area contributed by atoms with Crippen molar-refractivity contribution in [2.24, 2.45) is 5.92 Å². The second kappa shape index (κ2) is 10.4. The van der Waals surface area contributed by atoms with Crippen molar-refractivity contribution in [3.63, 3.8) is 0 Å². The van der Waals surface area contributed by atoms with E-state index in [1.165, 1.54) is 18.7 Å². The van der Waals surface area contributed by atoms with Gasteiger partial charge in [0.15, 0.2) is 0 Å². The molecule has 0 rings (SSSR count). The second-order valence-electron chi connectivity index (χ2n) is 5.52. The molecule has 128 valence electrons. The molecule has 8 heteroatoms. The SMILES string of the molecule is CSCCC(NC(=O)C(NC(=O)CC(C)O)C(C)C)C(=O)O. The van der Waals surface area contributed by atoms with Crippen molar-refractivity contribution in [2.45, 2.75) is 51.8 Å². The topological polar surface area (TPSA) is 116 Å². The number of hydrogen-bond donors (Lipinski definition) is 4. The Morgan fingerprint density at radius 3 is 2.14 bits per heavy atom. The monoisotopic (exact) mass is 334 g/mol. The summed E-state index contributed by atoms with van der Waals surface area (Å²) in [6, 6.07) is -1.81. The molecule has 0 heterocycles. The number of carboxylic acids is 1. The summed E-state index contributed by atoms with van der Waals surface area (Å²) in [7, 11) is 0. The van der Waals surface area contributed by atoms with Crippen molar-refractivity contribution in [2.75, 3.05) is 12.0 Å². The normalized spacial score (nSPS) is 15.0. The van der Waals surface area contributed by atoms with E-state index in [-0.39, 0.29) is 12.3 Å². The van der Waals surface area contributed by atoms with Gasteiger partial charge in [-0.2, -0.15) is 11.8 Å². The summed E-state index contributed by atoms with van der Waals surface area (Å²) < 4.78 is 0. The van der Waals surface area contributed by atoms with Crippen LogP contribution >= 0.6 is 11.8 Å². The zero-order valence-corrected chi connectivity index (χ0v) is 14.3. The first-order chi connectivity index (χ1) is 10.2. The third-order valence-corrected chi connectivity index (χ3v) is 3.62. The van der Waals surface area contributed by atoms with Gasteiger partial charge in [-0.3, -0.25) is 9.59 Å². The lowest BCUT2D eigenvalue weighted by atomic mass is 10.0. The van der Waals surface area contributed by atoms with Crippen molar-refractivity contribution in [3.05, 3.63) is 0 Å². The van der Waals surface area contributed by atoms with Crippen LogP contribution in [0.15, 0.2) is 0 Å². The standard InChI is InChI=1S/C14H26N2O5S/c1-8(2)12(16-11(18)7-9(3)17)13(19)15-10(14(20)21)5-6-22-4/h8-10,12,17H,5-7H2,1-4H3,(H,15,19)(H,16,18)(H,20,21). The number of nitrogens with one attached hydrogen (secondary N) is 2. The predicted molar refractivity (Wildman–Crippen MR) is 85.6 cm³/mol. The smallest absolute Gasteiger partial charge is 0.326 e. The van der Waals surface area contributed by atoms with Gasteiger partial charge in [0, 0.05) is 0 Å². The Bertz CT molecular complexity index is 387.